The highest BCUT2D eigenvalue weighted by molar-refractivity contribution is 5.68. The Morgan fingerprint density at radius 1 is 1.29 bits per heavy atom. The molecule has 0 fully saturated rings. The average molecular weight is 191 g/mol. The van der Waals surface area contributed by atoms with Gasteiger partial charge in [-0.25, -0.2) is 4.98 Å². The minimum absolute atomic E-state index is 0.674. The Morgan fingerprint density at radius 2 is 2.21 bits per heavy atom. The standard InChI is InChI=1S/C9H13N5/c10-4-2-1-3-7-5-8-9(11-6-7)13-14-12-8/h5-6H,1-4,10H2,(H,11,12,13,14). The third-order valence-electron chi connectivity index (χ3n) is 2.15. The van der Waals surface area contributed by atoms with Crippen LogP contribution in [0.25, 0.3) is 11.2 Å². The highest BCUT2D eigenvalue weighted by atomic mass is 15.3. The third-order valence-corrected chi connectivity index (χ3v) is 2.15. The third kappa shape index (κ3) is 1.88. The maximum absolute atomic E-state index is 5.42. The summed E-state index contributed by atoms with van der Waals surface area (Å²) in [5, 5.41) is 10.4. The molecule has 0 atom stereocenters. The molecule has 0 bridgehead atoms. The first kappa shape index (κ1) is 9.08. The second-order valence-electron chi connectivity index (χ2n) is 3.26. The predicted molar refractivity (Wildman–Crippen MR) is 53.7 cm³/mol. The first-order valence-corrected chi connectivity index (χ1v) is 4.75. The van der Waals surface area contributed by atoms with Crippen LogP contribution in [0.2, 0.25) is 0 Å². The molecule has 0 saturated carbocycles. The zero-order valence-corrected chi connectivity index (χ0v) is 7.90. The fourth-order valence-corrected chi connectivity index (χ4v) is 1.39. The van der Waals surface area contributed by atoms with E-state index in [9.17, 15) is 0 Å². The molecule has 2 rings (SSSR count). The number of pyridine rings is 1. The first-order chi connectivity index (χ1) is 6.90. The Labute approximate surface area is 81.7 Å². The van der Waals surface area contributed by atoms with Crippen LogP contribution in [0.15, 0.2) is 12.3 Å². The van der Waals surface area contributed by atoms with Gasteiger partial charge in [-0.2, -0.15) is 10.3 Å². The average Bonchev–Trinajstić information content (AvgIpc) is 2.65. The summed E-state index contributed by atoms with van der Waals surface area (Å²) in [4.78, 5) is 4.18. The SMILES string of the molecule is NCCCCc1cnc2n[nH]nc2c1. The lowest BCUT2D eigenvalue weighted by molar-refractivity contribution is 0.744. The number of rotatable bonds is 4. The minimum atomic E-state index is 0.674. The number of nitrogens with two attached hydrogens (primary N) is 1. The van der Waals surface area contributed by atoms with Crippen molar-refractivity contribution >= 4 is 11.2 Å². The fraction of sp³-hybridized carbons (Fsp3) is 0.444. The molecule has 5 nitrogen and oxygen atoms in total. The van der Waals surface area contributed by atoms with E-state index in [1.165, 1.54) is 5.56 Å². The molecule has 2 aromatic heterocycles. The van der Waals surface area contributed by atoms with Gasteiger partial charge in [0.05, 0.1) is 0 Å². The van der Waals surface area contributed by atoms with Gasteiger partial charge in [0, 0.05) is 6.20 Å². The van der Waals surface area contributed by atoms with Crippen molar-refractivity contribution in [3.63, 3.8) is 0 Å². The van der Waals surface area contributed by atoms with E-state index in [0.29, 0.717) is 5.65 Å². The summed E-state index contributed by atoms with van der Waals surface area (Å²) in [5.41, 5.74) is 8.12. The molecule has 0 amide bonds. The molecule has 0 aromatic carbocycles. The van der Waals surface area contributed by atoms with Gasteiger partial charge in [-0.3, -0.25) is 0 Å². The highest BCUT2D eigenvalue weighted by Crippen LogP contribution is 2.09. The maximum atomic E-state index is 5.42. The van der Waals surface area contributed by atoms with E-state index in [2.05, 4.69) is 20.4 Å². The second kappa shape index (κ2) is 4.15. The summed E-state index contributed by atoms with van der Waals surface area (Å²) in [5.74, 6) is 0. The van der Waals surface area contributed by atoms with Crippen LogP contribution in [-0.4, -0.2) is 26.9 Å². The van der Waals surface area contributed by atoms with Gasteiger partial charge < -0.3 is 5.73 Å². The molecule has 0 aliphatic rings. The quantitative estimate of drug-likeness (QED) is 0.695. The molecular weight excluding hydrogens is 178 g/mol. The predicted octanol–water partition coefficient (Wildman–Crippen LogP) is 0.634. The van der Waals surface area contributed by atoms with Gasteiger partial charge in [-0.1, -0.05) is 0 Å². The first-order valence-electron chi connectivity index (χ1n) is 4.75. The van der Waals surface area contributed by atoms with Crippen LogP contribution in [-0.2, 0) is 6.42 Å². The summed E-state index contributed by atoms with van der Waals surface area (Å²) in [7, 11) is 0. The lowest BCUT2D eigenvalue weighted by Crippen LogP contribution is -1.99. The molecule has 0 unspecified atom stereocenters. The summed E-state index contributed by atoms with van der Waals surface area (Å²) < 4.78 is 0. The van der Waals surface area contributed by atoms with E-state index >= 15 is 0 Å². The molecule has 0 radical (unpaired) electrons. The number of aryl methyl sites for hydroxylation is 1. The van der Waals surface area contributed by atoms with Crippen LogP contribution >= 0.6 is 0 Å². The van der Waals surface area contributed by atoms with Gasteiger partial charge in [-0.15, -0.1) is 5.10 Å². The number of H-pyrrole nitrogens is 1. The van der Waals surface area contributed by atoms with Crippen LogP contribution in [0, 0.1) is 0 Å². The topological polar surface area (TPSA) is 80.5 Å². The molecular formula is C9H13N5. The van der Waals surface area contributed by atoms with Crippen LogP contribution in [0.1, 0.15) is 18.4 Å². The number of nitrogens with one attached hydrogen (secondary N) is 1. The van der Waals surface area contributed by atoms with Crippen LogP contribution in [0.5, 0.6) is 0 Å². The number of nitrogens with zero attached hydrogens (tertiary/aromatic N) is 3. The van der Waals surface area contributed by atoms with E-state index in [-0.39, 0.29) is 0 Å². The van der Waals surface area contributed by atoms with Crippen molar-refractivity contribution < 1.29 is 0 Å². The molecule has 74 valence electrons. The molecule has 0 aliphatic heterocycles. The van der Waals surface area contributed by atoms with Crippen molar-refractivity contribution in [2.24, 2.45) is 5.73 Å². The van der Waals surface area contributed by atoms with Gasteiger partial charge >= 0.3 is 0 Å². The summed E-state index contributed by atoms with van der Waals surface area (Å²) in [6.45, 7) is 0.750. The minimum Gasteiger partial charge on any atom is -0.330 e. The molecule has 0 spiro atoms. The lowest BCUT2D eigenvalue weighted by atomic mass is 10.1. The second-order valence-corrected chi connectivity index (χ2v) is 3.26. The van der Waals surface area contributed by atoms with Crippen molar-refractivity contribution in [1.29, 1.82) is 0 Å². The summed E-state index contributed by atoms with van der Waals surface area (Å²) in [6, 6.07) is 2.02. The maximum Gasteiger partial charge on any atom is 0.201 e. The zero-order chi connectivity index (χ0) is 9.80. The van der Waals surface area contributed by atoms with E-state index in [1.807, 2.05) is 12.3 Å². The van der Waals surface area contributed by atoms with Crippen molar-refractivity contribution in [2.75, 3.05) is 6.54 Å². The molecule has 14 heavy (non-hydrogen) atoms. The van der Waals surface area contributed by atoms with E-state index in [1.54, 1.807) is 0 Å². The van der Waals surface area contributed by atoms with Crippen molar-refractivity contribution in [3.05, 3.63) is 17.8 Å². The van der Waals surface area contributed by atoms with Crippen LogP contribution in [0.4, 0.5) is 0 Å². The van der Waals surface area contributed by atoms with Gasteiger partial charge in [0.15, 0.2) is 0 Å². The number of aromatic amines is 1. The van der Waals surface area contributed by atoms with Crippen molar-refractivity contribution in [3.8, 4) is 0 Å². The number of unbranched alkanes of at least 4 members (excludes halogenated alkanes) is 1. The molecule has 2 heterocycles. The van der Waals surface area contributed by atoms with Gasteiger partial charge in [0.2, 0.25) is 5.65 Å². The monoisotopic (exact) mass is 191 g/mol. The highest BCUT2D eigenvalue weighted by Gasteiger charge is 2.00. The number of hydrogen-bond donors (Lipinski definition) is 2. The number of fused-ring (bicyclic) bond motifs is 1. The normalized spacial score (nSPS) is 10.9. The molecule has 5 heteroatoms. The smallest absolute Gasteiger partial charge is 0.201 e. The Balaban J connectivity index is 2.10. The largest absolute Gasteiger partial charge is 0.330 e. The van der Waals surface area contributed by atoms with Gasteiger partial charge in [0.1, 0.15) is 5.52 Å². The zero-order valence-electron chi connectivity index (χ0n) is 7.90. The Kier molecular flexibility index (Phi) is 2.69. The Bertz CT molecular complexity index is 408. The van der Waals surface area contributed by atoms with Gasteiger partial charge in [-0.05, 0) is 37.4 Å². The molecule has 0 saturated heterocycles. The van der Waals surface area contributed by atoms with E-state index < -0.39 is 0 Å². The molecule has 0 aliphatic carbocycles. The van der Waals surface area contributed by atoms with E-state index in [4.69, 9.17) is 5.73 Å². The molecule has 2 aromatic rings. The van der Waals surface area contributed by atoms with Crippen molar-refractivity contribution in [1.82, 2.24) is 20.4 Å². The Hall–Kier alpha value is -1.49. The van der Waals surface area contributed by atoms with Gasteiger partial charge in [0.25, 0.3) is 0 Å². The summed E-state index contributed by atoms with van der Waals surface area (Å²) >= 11 is 0. The van der Waals surface area contributed by atoms with Crippen LogP contribution in [0.3, 0.4) is 0 Å². The lowest BCUT2D eigenvalue weighted by Gasteiger charge is -1.98. The van der Waals surface area contributed by atoms with Crippen molar-refractivity contribution in [2.45, 2.75) is 19.3 Å². The fourth-order valence-electron chi connectivity index (χ4n) is 1.39. The summed E-state index contributed by atoms with van der Waals surface area (Å²) in [6.07, 6.45) is 5.01. The Morgan fingerprint density at radius 3 is 3.07 bits per heavy atom. The number of hydrogen-bond acceptors (Lipinski definition) is 4. The van der Waals surface area contributed by atoms with Crippen LogP contribution < -0.4 is 5.73 Å². The molecule has 3 N–H and O–H groups in total. The van der Waals surface area contributed by atoms with E-state index in [0.717, 1.165) is 31.3 Å². The number of aromatic nitrogens is 4.